The molecule has 198 valence electrons. The molecule has 0 spiro atoms. The number of benzene rings is 1. The van der Waals surface area contributed by atoms with Crippen LogP contribution in [0, 0.1) is 12.7 Å². The maximum atomic E-state index is 14.7. The molecule has 5 rings (SSSR count). The number of carbonyl (C=O) groups excluding carboxylic acids is 1. The minimum Gasteiger partial charge on any atom is -0.384 e. The Balaban J connectivity index is 1.37. The molecule has 0 aliphatic carbocycles. The topological polar surface area (TPSA) is 108 Å². The Labute approximate surface area is 220 Å². The van der Waals surface area contributed by atoms with Crippen LogP contribution >= 0.6 is 0 Å². The Morgan fingerprint density at radius 3 is 2.63 bits per heavy atom. The van der Waals surface area contributed by atoms with Gasteiger partial charge in [0, 0.05) is 29.7 Å². The summed E-state index contributed by atoms with van der Waals surface area (Å²) in [5.41, 5.74) is 1.81. The van der Waals surface area contributed by atoms with Crippen LogP contribution in [0.1, 0.15) is 48.3 Å². The largest absolute Gasteiger partial charge is 0.384 e. The van der Waals surface area contributed by atoms with Crippen molar-refractivity contribution in [3.63, 3.8) is 0 Å². The van der Waals surface area contributed by atoms with Crippen LogP contribution < -0.4 is 10.6 Å². The van der Waals surface area contributed by atoms with Gasteiger partial charge in [-0.05, 0) is 89.6 Å². The molecule has 1 aliphatic rings. The first-order chi connectivity index (χ1) is 18.1. The van der Waals surface area contributed by atoms with Crippen molar-refractivity contribution in [2.45, 2.75) is 45.3 Å². The first-order valence-electron chi connectivity index (χ1n) is 12.7. The molecule has 3 aromatic heterocycles. The van der Waals surface area contributed by atoms with Gasteiger partial charge in [0.05, 0.1) is 11.1 Å². The van der Waals surface area contributed by atoms with Gasteiger partial charge in [0.2, 0.25) is 5.95 Å². The Morgan fingerprint density at radius 1 is 1.16 bits per heavy atom. The van der Waals surface area contributed by atoms with E-state index < -0.39 is 11.4 Å². The van der Waals surface area contributed by atoms with Crippen LogP contribution in [-0.2, 0) is 5.60 Å². The molecule has 0 atom stereocenters. The fourth-order valence-corrected chi connectivity index (χ4v) is 4.64. The van der Waals surface area contributed by atoms with Gasteiger partial charge < -0.3 is 20.6 Å². The number of nitrogens with one attached hydrogen (secondary N) is 2. The van der Waals surface area contributed by atoms with E-state index in [0.717, 1.165) is 31.5 Å². The highest BCUT2D eigenvalue weighted by Gasteiger charge is 2.21. The fourth-order valence-electron chi connectivity index (χ4n) is 4.64. The second kappa shape index (κ2) is 10.1. The number of nitrogens with zero attached hydrogens (tertiary/aromatic N) is 5. The van der Waals surface area contributed by atoms with E-state index >= 15 is 0 Å². The quantitative estimate of drug-likeness (QED) is 0.354. The first-order valence-corrected chi connectivity index (χ1v) is 12.7. The number of carbonyl (C=O) groups is 1. The van der Waals surface area contributed by atoms with Gasteiger partial charge in [0.25, 0.3) is 5.91 Å². The Bertz CT molecular complexity index is 1490. The normalized spacial score (nSPS) is 15.1. The number of piperidine rings is 1. The number of rotatable bonds is 6. The molecule has 0 bridgehead atoms. The molecular weight excluding hydrogens is 485 g/mol. The maximum Gasteiger partial charge on any atom is 0.251 e. The van der Waals surface area contributed by atoms with Crippen molar-refractivity contribution in [3.8, 4) is 5.82 Å². The second-order valence-corrected chi connectivity index (χ2v) is 10.4. The number of aliphatic hydroxyl groups is 1. The van der Waals surface area contributed by atoms with Gasteiger partial charge >= 0.3 is 0 Å². The molecule has 1 fully saturated rings. The average molecular weight is 518 g/mol. The molecule has 4 heterocycles. The summed E-state index contributed by atoms with van der Waals surface area (Å²) >= 11 is 0. The van der Waals surface area contributed by atoms with Gasteiger partial charge in [0.15, 0.2) is 11.5 Å². The van der Waals surface area contributed by atoms with E-state index in [0.29, 0.717) is 28.4 Å². The summed E-state index contributed by atoms with van der Waals surface area (Å²) in [7, 11) is 2.09. The number of aromatic nitrogens is 4. The zero-order valence-corrected chi connectivity index (χ0v) is 22.0. The molecule has 9 nitrogen and oxygen atoms in total. The smallest absolute Gasteiger partial charge is 0.251 e. The van der Waals surface area contributed by atoms with Crippen LogP contribution in [0.2, 0.25) is 0 Å². The molecule has 0 saturated carbocycles. The Morgan fingerprint density at radius 2 is 1.92 bits per heavy atom. The summed E-state index contributed by atoms with van der Waals surface area (Å²) in [4.78, 5) is 28.5. The molecule has 10 heteroatoms. The predicted molar refractivity (Wildman–Crippen MR) is 144 cm³/mol. The van der Waals surface area contributed by atoms with E-state index in [2.05, 4.69) is 37.5 Å². The van der Waals surface area contributed by atoms with Gasteiger partial charge in [0.1, 0.15) is 11.4 Å². The van der Waals surface area contributed by atoms with E-state index in [4.69, 9.17) is 0 Å². The lowest BCUT2D eigenvalue weighted by atomic mass is 10.0. The maximum absolute atomic E-state index is 14.7. The zero-order valence-electron chi connectivity index (χ0n) is 22.0. The lowest BCUT2D eigenvalue weighted by molar-refractivity contribution is 0.0738. The highest BCUT2D eigenvalue weighted by atomic mass is 19.1. The van der Waals surface area contributed by atoms with E-state index in [1.54, 1.807) is 44.2 Å². The average Bonchev–Trinajstić information content (AvgIpc) is 3.20. The van der Waals surface area contributed by atoms with E-state index in [1.165, 1.54) is 17.0 Å². The van der Waals surface area contributed by atoms with Crippen molar-refractivity contribution >= 4 is 28.6 Å². The third-order valence-electron chi connectivity index (χ3n) is 6.89. The monoisotopic (exact) mass is 517 g/mol. The third kappa shape index (κ3) is 5.36. The number of likely N-dealkylation sites (tertiary alicyclic amines) is 1. The highest BCUT2D eigenvalue weighted by Crippen LogP contribution is 2.26. The molecular formula is C28H32FN7O2. The molecule has 3 N–H and O–H groups in total. The number of anilines is 2. The van der Waals surface area contributed by atoms with Crippen LogP contribution in [-0.4, -0.2) is 61.6 Å². The van der Waals surface area contributed by atoms with Crippen LogP contribution in [0.3, 0.4) is 0 Å². The van der Waals surface area contributed by atoms with Crippen LogP contribution in [0.4, 0.5) is 16.0 Å². The summed E-state index contributed by atoms with van der Waals surface area (Å²) in [6.45, 7) is 7.13. The number of hydrogen-bond acceptors (Lipinski definition) is 7. The van der Waals surface area contributed by atoms with Crippen LogP contribution in [0.25, 0.3) is 16.9 Å². The summed E-state index contributed by atoms with van der Waals surface area (Å²) in [6, 6.07) is 10.8. The molecule has 0 unspecified atom stereocenters. The molecule has 1 saturated heterocycles. The first kappa shape index (κ1) is 25.7. The van der Waals surface area contributed by atoms with Crippen molar-refractivity contribution in [2.24, 2.45) is 0 Å². The molecule has 1 amide bonds. The van der Waals surface area contributed by atoms with Gasteiger partial charge in [-0.15, -0.1) is 0 Å². The molecule has 4 aromatic rings. The summed E-state index contributed by atoms with van der Waals surface area (Å²) < 4.78 is 16.2. The van der Waals surface area contributed by atoms with Crippen LogP contribution in [0.5, 0.6) is 0 Å². The van der Waals surface area contributed by atoms with Gasteiger partial charge in [-0.25, -0.2) is 14.4 Å². The van der Waals surface area contributed by atoms with Crippen molar-refractivity contribution in [2.75, 3.05) is 25.5 Å². The molecule has 1 aromatic carbocycles. The van der Waals surface area contributed by atoms with Gasteiger partial charge in [-0.1, -0.05) is 6.07 Å². The number of amides is 1. The van der Waals surface area contributed by atoms with Crippen molar-refractivity contribution in [1.29, 1.82) is 0 Å². The van der Waals surface area contributed by atoms with Gasteiger partial charge in [-0.2, -0.15) is 4.98 Å². The fraction of sp³-hybridized carbons (Fsp3) is 0.357. The van der Waals surface area contributed by atoms with Crippen molar-refractivity contribution in [3.05, 3.63) is 71.4 Å². The Kier molecular flexibility index (Phi) is 6.85. The van der Waals surface area contributed by atoms with Crippen molar-refractivity contribution in [1.82, 2.24) is 29.7 Å². The van der Waals surface area contributed by atoms with Crippen LogP contribution in [0.15, 0.2) is 48.8 Å². The number of halogens is 1. The number of aryl methyl sites for hydroxylation is 1. The molecule has 38 heavy (non-hydrogen) atoms. The summed E-state index contributed by atoms with van der Waals surface area (Å²) in [6.07, 6.45) is 4.62. The zero-order chi connectivity index (χ0) is 27.0. The van der Waals surface area contributed by atoms with E-state index in [-0.39, 0.29) is 23.3 Å². The standard InChI is InChI=1S/C28H32FN7O2/c1-17-14-19(8-9-20(17)26(37)31-18-10-12-35(4)13-11-18)32-27-30-15-21-22(29)16-36(25(21)34-27)24-7-5-6-23(33-24)28(2,3)38/h5-9,14-16,18,38H,10-13H2,1-4H3,(H,31,37)(H,30,32,34). The lowest BCUT2D eigenvalue weighted by Crippen LogP contribution is -2.43. The summed E-state index contributed by atoms with van der Waals surface area (Å²) in [5.74, 6) is 0.158. The lowest BCUT2D eigenvalue weighted by Gasteiger charge is -2.29. The SMILES string of the molecule is Cc1cc(Nc2ncc3c(F)cn(-c4cccc(C(C)(C)O)n4)c3n2)ccc1C(=O)NC1CCN(C)CC1. The Hall–Kier alpha value is -3.89. The number of pyridine rings is 1. The predicted octanol–water partition coefficient (Wildman–Crippen LogP) is 4.06. The minimum absolute atomic E-state index is 0.0737. The van der Waals surface area contributed by atoms with Gasteiger partial charge in [-0.3, -0.25) is 9.36 Å². The van der Waals surface area contributed by atoms with E-state index in [1.807, 2.05) is 13.0 Å². The molecule has 0 radical (unpaired) electrons. The van der Waals surface area contributed by atoms with E-state index in [9.17, 15) is 14.3 Å². The molecule has 1 aliphatic heterocycles. The summed E-state index contributed by atoms with van der Waals surface area (Å²) in [5, 5.41) is 16.9. The highest BCUT2D eigenvalue weighted by molar-refractivity contribution is 5.96. The van der Waals surface area contributed by atoms with Crippen molar-refractivity contribution < 1.29 is 14.3 Å². The number of hydrogen-bond donors (Lipinski definition) is 3. The minimum atomic E-state index is -1.15. The third-order valence-corrected chi connectivity index (χ3v) is 6.89. The second-order valence-electron chi connectivity index (χ2n) is 10.4. The number of fused-ring (bicyclic) bond motifs is 1.